The monoisotopic (exact) mass is 483 g/mol. The predicted molar refractivity (Wildman–Crippen MR) is 130 cm³/mol. The zero-order chi connectivity index (χ0) is 24.8. The van der Waals surface area contributed by atoms with Gasteiger partial charge in [0.25, 0.3) is 0 Å². The molecule has 0 amide bonds. The lowest BCUT2D eigenvalue weighted by Crippen LogP contribution is -2.49. The Labute approximate surface area is 203 Å². The number of hydrogen-bond acceptors (Lipinski definition) is 4. The first-order valence-corrected chi connectivity index (χ1v) is 11.5. The summed E-state index contributed by atoms with van der Waals surface area (Å²) in [6.45, 7) is 5.32. The van der Waals surface area contributed by atoms with E-state index in [0.29, 0.717) is 17.9 Å². The highest BCUT2D eigenvalue weighted by atomic mass is 19.1. The molecule has 4 nitrogen and oxygen atoms in total. The molecule has 0 aromatic heterocycles. The quantitative estimate of drug-likeness (QED) is 0.470. The fourth-order valence-electron chi connectivity index (χ4n) is 4.09. The summed E-state index contributed by atoms with van der Waals surface area (Å²) >= 11 is 0. The van der Waals surface area contributed by atoms with E-state index >= 15 is 0 Å². The minimum absolute atomic E-state index is 0.184. The van der Waals surface area contributed by atoms with Gasteiger partial charge in [0, 0.05) is 42.8 Å². The summed E-state index contributed by atoms with van der Waals surface area (Å²) in [5, 5.41) is 9.48. The number of fused-ring (bicyclic) bond motifs is 1. The van der Waals surface area contributed by atoms with Crippen LogP contribution in [0.2, 0.25) is 0 Å². The number of hydrogen-bond donors (Lipinski definition) is 1. The van der Waals surface area contributed by atoms with Gasteiger partial charge in [0.05, 0.1) is 6.67 Å². The van der Waals surface area contributed by atoms with Gasteiger partial charge in [-0.15, -0.1) is 0 Å². The first-order valence-electron chi connectivity index (χ1n) is 11.5. The number of aromatic hydroxyl groups is 1. The maximum absolute atomic E-state index is 13.3. The number of alkyl halides is 1. The molecule has 1 fully saturated rings. The van der Waals surface area contributed by atoms with Gasteiger partial charge in [0.1, 0.15) is 30.5 Å². The number of rotatable bonds is 6. The molecule has 3 aromatic rings. The average Bonchev–Trinajstić information content (AvgIpc) is 2.84. The highest BCUT2D eigenvalue weighted by Crippen LogP contribution is 2.39. The SMILES string of the molecule is CC1=C(c2ccc(F)cc2)COc2cc(F)c(O)cc21.FCC1CN(CCOc2ccccc2)C1. The standard InChI is InChI=1S/C16H12F2O2.C12H16FNO/c1-9-12-6-15(19)14(18)7-16(12)20-8-13(9)10-2-4-11(17)5-3-10;13-8-11-9-14(10-11)6-7-15-12-4-2-1-3-5-12/h2-7,19H,8H2,1H3;1-5,11H,6-10H2. The lowest BCUT2D eigenvalue weighted by atomic mass is 9.93. The van der Waals surface area contributed by atoms with Crippen molar-refractivity contribution in [1.29, 1.82) is 0 Å². The van der Waals surface area contributed by atoms with E-state index in [4.69, 9.17) is 9.47 Å². The third-order valence-corrected chi connectivity index (χ3v) is 6.14. The lowest BCUT2D eigenvalue weighted by Gasteiger charge is -2.37. The van der Waals surface area contributed by atoms with Crippen LogP contribution in [0, 0.1) is 17.6 Å². The lowest BCUT2D eigenvalue weighted by molar-refractivity contribution is 0.0668. The number of para-hydroxylation sites is 1. The Kier molecular flexibility index (Phi) is 7.98. The Morgan fingerprint density at radius 2 is 1.74 bits per heavy atom. The van der Waals surface area contributed by atoms with Crippen molar-refractivity contribution in [2.75, 3.05) is 39.5 Å². The Bertz CT molecular complexity index is 1160. The van der Waals surface area contributed by atoms with Gasteiger partial charge < -0.3 is 14.6 Å². The normalized spacial score (nSPS) is 15.4. The van der Waals surface area contributed by atoms with E-state index in [1.54, 1.807) is 12.1 Å². The minimum Gasteiger partial charge on any atom is -0.505 e. The van der Waals surface area contributed by atoms with Gasteiger partial charge in [-0.1, -0.05) is 30.3 Å². The Hall–Kier alpha value is -3.45. The van der Waals surface area contributed by atoms with Crippen LogP contribution in [0.5, 0.6) is 17.2 Å². The Balaban J connectivity index is 0.000000172. The van der Waals surface area contributed by atoms with Crippen LogP contribution < -0.4 is 9.47 Å². The second kappa shape index (κ2) is 11.3. The number of ether oxygens (including phenoxy) is 2. The highest BCUT2D eigenvalue weighted by Gasteiger charge is 2.25. The van der Waals surface area contributed by atoms with E-state index in [0.717, 1.165) is 42.1 Å². The molecule has 2 aliphatic heterocycles. The maximum Gasteiger partial charge on any atom is 0.168 e. The molecule has 3 aromatic carbocycles. The largest absolute Gasteiger partial charge is 0.505 e. The molecule has 184 valence electrons. The van der Waals surface area contributed by atoms with Gasteiger partial charge in [-0.2, -0.15) is 0 Å². The van der Waals surface area contributed by atoms with E-state index in [1.165, 1.54) is 24.3 Å². The van der Waals surface area contributed by atoms with Gasteiger partial charge in [0.2, 0.25) is 0 Å². The molecule has 2 heterocycles. The molecule has 7 heteroatoms. The molecule has 0 atom stereocenters. The van der Waals surface area contributed by atoms with E-state index in [-0.39, 0.29) is 25.0 Å². The van der Waals surface area contributed by atoms with Crippen LogP contribution in [0.15, 0.2) is 66.7 Å². The minimum atomic E-state index is -0.707. The van der Waals surface area contributed by atoms with Crippen molar-refractivity contribution in [1.82, 2.24) is 4.90 Å². The van der Waals surface area contributed by atoms with E-state index in [1.807, 2.05) is 37.3 Å². The van der Waals surface area contributed by atoms with Crippen LogP contribution in [0.4, 0.5) is 13.2 Å². The average molecular weight is 484 g/mol. The van der Waals surface area contributed by atoms with Crippen LogP contribution in [0.1, 0.15) is 18.1 Å². The first-order chi connectivity index (χ1) is 16.9. The van der Waals surface area contributed by atoms with Gasteiger partial charge in [-0.3, -0.25) is 9.29 Å². The summed E-state index contributed by atoms with van der Waals surface area (Å²) in [5.41, 5.74) is 3.27. The zero-order valence-corrected chi connectivity index (χ0v) is 19.5. The zero-order valence-electron chi connectivity index (χ0n) is 19.5. The van der Waals surface area contributed by atoms with Crippen molar-refractivity contribution in [2.45, 2.75) is 6.92 Å². The molecule has 0 spiro atoms. The van der Waals surface area contributed by atoms with Crippen molar-refractivity contribution in [3.8, 4) is 17.2 Å². The van der Waals surface area contributed by atoms with Gasteiger partial charge in [0.15, 0.2) is 11.6 Å². The van der Waals surface area contributed by atoms with E-state index in [2.05, 4.69) is 4.90 Å². The third-order valence-electron chi connectivity index (χ3n) is 6.14. The van der Waals surface area contributed by atoms with Crippen molar-refractivity contribution >= 4 is 11.1 Å². The van der Waals surface area contributed by atoms with Crippen LogP contribution >= 0.6 is 0 Å². The fourth-order valence-corrected chi connectivity index (χ4v) is 4.09. The van der Waals surface area contributed by atoms with Gasteiger partial charge >= 0.3 is 0 Å². The smallest absolute Gasteiger partial charge is 0.168 e. The molecule has 1 N–H and O–H groups in total. The van der Waals surface area contributed by atoms with Crippen molar-refractivity contribution < 1.29 is 27.8 Å². The van der Waals surface area contributed by atoms with Crippen LogP contribution in [-0.4, -0.2) is 49.5 Å². The molecule has 0 unspecified atom stereocenters. The van der Waals surface area contributed by atoms with Gasteiger partial charge in [-0.05, 0) is 48.4 Å². The summed E-state index contributed by atoms with van der Waals surface area (Å²) in [6.07, 6.45) is 0. The van der Waals surface area contributed by atoms with Gasteiger partial charge in [-0.25, -0.2) is 8.78 Å². The summed E-state index contributed by atoms with van der Waals surface area (Å²) < 4.78 is 49.5. The number of phenolic OH excluding ortho intramolecular Hbond substituents is 1. The second-order valence-corrected chi connectivity index (χ2v) is 8.64. The number of allylic oxidation sites excluding steroid dienone is 1. The first kappa shape index (κ1) is 24.7. The third kappa shape index (κ3) is 6.17. The Morgan fingerprint density at radius 3 is 2.43 bits per heavy atom. The molecular weight excluding hydrogens is 455 g/mol. The maximum atomic E-state index is 13.3. The summed E-state index contributed by atoms with van der Waals surface area (Å²) in [5.74, 6) is 0.156. The number of likely N-dealkylation sites (tertiary alicyclic amines) is 1. The van der Waals surface area contributed by atoms with Crippen LogP contribution in [0.3, 0.4) is 0 Å². The Morgan fingerprint density at radius 1 is 1.03 bits per heavy atom. The molecule has 0 aliphatic carbocycles. The molecule has 0 bridgehead atoms. The molecule has 0 radical (unpaired) electrons. The highest BCUT2D eigenvalue weighted by molar-refractivity contribution is 5.93. The molecule has 2 aliphatic rings. The van der Waals surface area contributed by atoms with Crippen LogP contribution in [-0.2, 0) is 0 Å². The summed E-state index contributed by atoms with van der Waals surface area (Å²) in [4.78, 5) is 2.22. The molecule has 0 saturated carbocycles. The molecular formula is C28H28F3NO3. The number of nitrogens with zero attached hydrogens (tertiary/aromatic N) is 1. The predicted octanol–water partition coefficient (Wildman–Crippen LogP) is 5.96. The van der Waals surface area contributed by atoms with Crippen molar-refractivity contribution in [2.24, 2.45) is 5.92 Å². The number of halogens is 3. The fraction of sp³-hybridized carbons (Fsp3) is 0.286. The van der Waals surface area contributed by atoms with E-state index in [9.17, 15) is 18.3 Å². The number of phenols is 1. The van der Waals surface area contributed by atoms with Crippen molar-refractivity contribution in [3.05, 3.63) is 89.5 Å². The molecule has 1 saturated heterocycles. The van der Waals surface area contributed by atoms with Crippen LogP contribution in [0.25, 0.3) is 11.1 Å². The molecule has 35 heavy (non-hydrogen) atoms. The summed E-state index contributed by atoms with van der Waals surface area (Å²) in [6, 6.07) is 18.4. The van der Waals surface area contributed by atoms with E-state index < -0.39 is 11.6 Å². The topological polar surface area (TPSA) is 41.9 Å². The van der Waals surface area contributed by atoms with Crippen molar-refractivity contribution in [3.63, 3.8) is 0 Å². The number of benzene rings is 3. The molecule has 5 rings (SSSR count). The summed E-state index contributed by atoms with van der Waals surface area (Å²) in [7, 11) is 0. The second-order valence-electron chi connectivity index (χ2n) is 8.64.